The van der Waals surface area contributed by atoms with Gasteiger partial charge in [0, 0.05) is 18.5 Å². The van der Waals surface area contributed by atoms with Crippen molar-refractivity contribution in [2.24, 2.45) is 4.99 Å². The molecule has 9 nitrogen and oxygen atoms in total. The van der Waals surface area contributed by atoms with Crippen molar-refractivity contribution >= 4 is 40.1 Å². The summed E-state index contributed by atoms with van der Waals surface area (Å²) in [6.07, 6.45) is 6.57. The van der Waals surface area contributed by atoms with E-state index in [1.54, 1.807) is 29.8 Å². The molecule has 2 atom stereocenters. The number of fused-ring (bicyclic) bond motifs is 2. The van der Waals surface area contributed by atoms with E-state index in [0.29, 0.717) is 37.0 Å². The molecule has 32 heavy (non-hydrogen) atoms. The lowest BCUT2D eigenvalue weighted by Crippen LogP contribution is -2.38. The highest BCUT2D eigenvalue weighted by molar-refractivity contribution is 7.08. The van der Waals surface area contributed by atoms with Crippen molar-refractivity contribution in [3.05, 3.63) is 47.2 Å². The summed E-state index contributed by atoms with van der Waals surface area (Å²) < 4.78 is 21.0. The molecule has 2 aliphatic heterocycles. The van der Waals surface area contributed by atoms with Crippen LogP contribution in [-0.4, -0.2) is 70.3 Å². The number of morpholine rings is 1. The molecule has 1 fully saturated rings. The Bertz CT molecular complexity index is 1230. The summed E-state index contributed by atoms with van der Waals surface area (Å²) in [5, 5.41) is 10.7. The van der Waals surface area contributed by atoms with Crippen molar-refractivity contribution in [1.29, 1.82) is 0 Å². The fourth-order valence-electron chi connectivity index (χ4n) is 4.06. The summed E-state index contributed by atoms with van der Waals surface area (Å²) in [6.45, 7) is 3.19. The van der Waals surface area contributed by atoms with Gasteiger partial charge in [-0.2, -0.15) is 21.3 Å². The zero-order valence-corrected chi connectivity index (χ0v) is 17.9. The summed E-state index contributed by atoms with van der Waals surface area (Å²) in [7, 11) is 0. The van der Waals surface area contributed by atoms with Crippen LogP contribution >= 0.6 is 11.3 Å². The van der Waals surface area contributed by atoms with E-state index in [-0.39, 0.29) is 17.9 Å². The number of hydrogen-bond acceptors (Lipinski definition) is 9. The number of imidazole rings is 1. The first-order valence-electron chi connectivity index (χ1n) is 10.5. The van der Waals surface area contributed by atoms with Crippen molar-refractivity contribution in [2.45, 2.75) is 12.1 Å². The smallest absolute Gasteiger partial charge is 0.229 e. The van der Waals surface area contributed by atoms with Crippen LogP contribution in [0.5, 0.6) is 0 Å². The number of hydrogen-bond donors (Lipinski definition) is 2. The maximum atomic E-state index is 13.5. The number of aromatic nitrogens is 4. The van der Waals surface area contributed by atoms with Crippen molar-refractivity contribution < 1.29 is 9.13 Å². The van der Waals surface area contributed by atoms with E-state index < -0.39 is 0 Å². The summed E-state index contributed by atoms with van der Waals surface area (Å²) in [5.74, 6) is 1.80. The summed E-state index contributed by atoms with van der Waals surface area (Å²) in [5.41, 5.74) is 2.45. The van der Waals surface area contributed by atoms with Gasteiger partial charge in [-0.25, -0.2) is 9.37 Å². The van der Waals surface area contributed by atoms with Gasteiger partial charge in [0.2, 0.25) is 5.95 Å². The van der Waals surface area contributed by atoms with Gasteiger partial charge in [-0.15, -0.1) is 0 Å². The molecule has 0 bridgehead atoms. The molecule has 11 heteroatoms. The van der Waals surface area contributed by atoms with Gasteiger partial charge in [0.05, 0.1) is 37.5 Å². The molecule has 0 spiro atoms. The highest BCUT2D eigenvalue weighted by atomic mass is 32.1. The first-order chi connectivity index (χ1) is 15.7. The molecule has 3 aromatic rings. The predicted octanol–water partition coefficient (Wildman–Crippen LogP) is 2.29. The molecule has 2 N–H and O–H groups in total. The minimum Gasteiger partial charge on any atom is -0.378 e. The van der Waals surface area contributed by atoms with E-state index in [0.717, 1.165) is 30.3 Å². The molecular weight excluding hydrogens is 431 g/mol. The van der Waals surface area contributed by atoms with Crippen LogP contribution in [0.2, 0.25) is 0 Å². The van der Waals surface area contributed by atoms with Crippen molar-refractivity contribution in [3.63, 3.8) is 0 Å². The highest BCUT2D eigenvalue weighted by Crippen LogP contribution is 2.26. The number of allylic oxidation sites excluding steroid dienone is 2. The van der Waals surface area contributed by atoms with E-state index in [1.807, 2.05) is 16.0 Å². The van der Waals surface area contributed by atoms with Gasteiger partial charge < -0.3 is 20.3 Å². The van der Waals surface area contributed by atoms with Crippen LogP contribution in [0.1, 0.15) is 0 Å². The zero-order valence-electron chi connectivity index (χ0n) is 17.1. The number of nitrogens with one attached hydrogen (secondary N) is 2. The van der Waals surface area contributed by atoms with Gasteiger partial charge in [0.15, 0.2) is 17.0 Å². The van der Waals surface area contributed by atoms with Crippen LogP contribution < -0.4 is 15.5 Å². The van der Waals surface area contributed by atoms with E-state index in [2.05, 4.69) is 30.9 Å². The van der Waals surface area contributed by atoms with E-state index in [4.69, 9.17) is 14.7 Å². The monoisotopic (exact) mass is 452 g/mol. The number of aliphatic imine (C=N–C) groups is 1. The van der Waals surface area contributed by atoms with Gasteiger partial charge in [-0.1, -0.05) is 6.08 Å². The second-order valence-corrected chi connectivity index (χ2v) is 8.52. The summed E-state index contributed by atoms with van der Waals surface area (Å²) in [4.78, 5) is 21.0. The Kier molecular flexibility index (Phi) is 4.84. The Labute approximate surface area is 187 Å². The average Bonchev–Trinajstić information content (AvgIpc) is 3.56. The van der Waals surface area contributed by atoms with Crippen molar-refractivity contribution in [2.75, 3.05) is 43.1 Å². The molecule has 0 radical (unpaired) electrons. The van der Waals surface area contributed by atoms with Crippen molar-refractivity contribution in [1.82, 2.24) is 24.8 Å². The number of ether oxygens (including phenoxy) is 1. The molecule has 2 unspecified atom stereocenters. The van der Waals surface area contributed by atoms with Gasteiger partial charge in [0.25, 0.3) is 0 Å². The fourth-order valence-corrected chi connectivity index (χ4v) is 4.69. The molecule has 1 saturated heterocycles. The number of amidine groups is 1. The first-order valence-corrected chi connectivity index (χ1v) is 11.4. The molecule has 5 heterocycles. The Balaban J connectivity index is 1.32. The normalized spacial score (nSPS) is 22.5. The summed E-state index contributed by atoms with van der Waals surface area (Å²) >= 11 is 1.62. The van der Waals surface area contributed by atoms with Gasteiger partial charge in [-0.3, -0.25) is 9.56 Å². The Morgan fingerprint density at radius 1 is 1.28 bits per heavy atom. The topological polar surface area (TPSA) is 92.5 Å². The van der Waals surface area contributed by atoms with Gasteiger partial charge in [0.1, 0.15) is 18.0 Å². The first kappa shape index (κ1) is 19.4. The molecule has 0 saturated carbocycles. The molecule has 1 aliphatic carbocycles. The van der Waals surface area contributed by atoms with Gasteiger partial charge in [-0.05, 0) is 23.6 Å². The average molecular weight is 453 g/mol. The van der Waals surface area contributed by atoms with Crippen LogP contribution in [0.15, 0.2) is 52.2 Å². The summed E-state index contributed by atoms with van der Waals surface area (Å²) in [6, 6.07) is 1.80. The largest absolute Gasteiger partial charge is 0.378 e. The number of nitrogens with zero attached hydrogens (tertiary/aromatic N) is 6. The Morgan fingerprint density at radius 2 is 2.19 bits per heavy atom. The maximum absolute atomic E-state index is 13.5. The Hall–Kier alpha value is -3.31. The van der Waals surface area contributed by atoms with Crippen LogP contribution in [-0.2, 0) is 4.74 Å². The third-order valence-corrected chi connectivity index (χ3v) is 6.35. The molecule has 164 valence electrons. The van der Waals surface area contributed by atoms with Crippen molar-refractivity contribution in [3.8, 4) is 5.69 Å². The second-order valence-electron chi connectivity index (χ2n) is 7.74. The fraction of sp³-hybridized carbons (Fsp3) is 0.333. The number of anilines is 2. The number of rotatable bonds is 5. The minimum absolute atomic E-state index is 0.0848. The van der Waals surface area contributed by atoms with E-state index in [1.165, 1.54) is 6.08 Å². The maximum Gasteiger partial charge on any atom is 0.229 e. The molecular formula is C21H21FN8OS. The molecule has 0 aromatic carbocycles. The van der Waals surface area contributed by atoms with Crippen LogP contribution in [0, 0.1) is 0 Å². The van der Waals surface area contributed by atoms with Gasteiger partial charge >= 0.3 is 0 Å². The van der Waals surface area contributed by atoms with E-state index in [9.17, 15) is 4.39 Å². The molecule has 6 rings (SSSR count). The molecule has 0 amide bonds. The lowest BCUT2D eigenvalue weighted by molar-refractivity contribution is 0.122. The lowest BCUT2D eigenvalue weighted by atomic mass is 10.0. The second kappa shape index (κ2) is 7.99. The van der Waals surface area contributed by atoms with E-state index >= 15 is 0 Å². The molecule has 3 aliphatic rings. The quantitative estimate of drug-likeness (QED) is 0.614. The standard InChI is InChI=1S/C21H21FN8OS/c22-13-1-2-15-16(9-13)26-17(25-15)10-23-19-18-20(30(12-24-18)14-3-8-32-11-14)28-21(27-19)29-4-6-31-7-5-29/h1-3,8-9,11-12,15-16H,4-7,10H2,(H,25,26)(H,23,27,28). The minimum atomic E-state index is -0.241. The predicted molar refractivity (Wildman–Crippen MR) is 123 cm³/mol. The lowest BCUT2D eigenvalue weighted by Gasteiger charge is -2.27. The SMILES string of the molecule is FC1=CC2NC(CNc3nc(N4CCOCC4)nc4c3ncn4-c3ccsc3)=NC2C=C1. The third kappa shape index (κ3) is 3.53. The Morgan fingerprint density at radius 3 is 3.03 bits per heavy atom. The zero-order chi connectivity index (χ0) is 21.5. The van der Waals surface area contributed by atoms with Crippen LogP contribution in [0.4, 0.5) is 16.2 Å². The highest BCUT2D eigenvalue weighted by Gasteiger charge is 2.28. The van der Waals surface area contributed by atoms with Crippen LogP contribution in [0.3, 0.4) is 0 Å². The molecule has 3 aromatic heterocycles. The van der Waals surface area contributed by atoms with Crippen LogP contribution in [0.25, 0.3) is 16.9 Å². The third-order valence-electron chi connectivity index (χ3n) is 5.68. The number of halogens is 1. The number of thiophene rings is 1.